The second-order valence-electron chi connectivity index (χ2n) is 8.24. The molecule has 0 aliphatic heterocycles. The van der Waals surface area contributed by atoms with Crippen molar-refractivity contribution in [2.75, 3.05) is 12.3 Å². The van der Waals surface area contributed by atoms with Crippen molar-refractivity contribution in [3.05, 3.63) is 0 Å². The Morgan fingerprint density at radius 3 is 2.00 bits per heavy atom. The topological polar surface area (TPSA) is 215 Å². The number of rotatable bonds is 15. The molecule has 5 atom stereocenters. The van der Waals surface area contributed by atoms with Gasteiger partial charge in [0.15, 0.2) is 5.96 Å². The van der Waals surface area contributed by atoms with Gasteiger partial charge in [-0.3, -0.25) is 19.4 Å². The quantitative estimate of drug-likeness (QED) is 0.0587. The summed E-state index contributed by atoms with van der Waals surface area (Å²) in [5.74, 6) is -3.60. The van der Waals surface area contributed by atoms with Gasteiger partial charge < -0.3 is 38.3 Å². The van der Waals surface area contributed by atoms with Crippen LogP contribution >= 0.6 is 12.6 Å². The standard InChI is InChI=1S/C20H39N7O5S/c1-5-11(4)15(19(31)32)27-17(29)13(7-6-8-24-20(22)23)25-18(30)14(10(2)3)26-16(28)12(21)9-33/h10-15,33H,5-9,21H2,1-4H3,(H,25,30)(H,26,28)(H,27,29)(H,31,32)(H4,22,23,24). The second-order valence-corrected chi connectivity index (χ2v) is 8.60. The minimum Gasteiger partial charge on any atom is -0.480 e. The van der Waals surface area contributed by atoms with Crippen molar-refractivity contribution < 1.29 is 24.3 Å². The van der Waals surface area contributed by atoms with Gasteiger partial charge in [0, 0.05) is 12.3 Å². The van der Waals surface area contributed by atoms with Crippen molar-refractivity contribution in [3.63, 3.8) is 0 Å². The fraction of sp³-hybridized carbons (Fsp3) is 0.750. The highest BCUT2D eigenvalue weighted by atomic mass is 32.1. The van der Waals surface area contributed by atoms with E-state index in [-0.39, 0.29) is 36.5 Å². The van der Waals surface area contributed by atoms with Crippen LogP contribution in [0.25, 0.3) is 0 Å². The van der Waals surface area contributed by atoms with Crippen molar-refractivity contribution in [1.29, 1.82) is 0 Å². The van der Waals surface area contributed by atoms with Crippen LogP contribution in [-0.2, 0) is 19.2 Å². The SMILES string of the molecule is CCC(C)C(NC(=O)C(CCCN=C(N)N)NC(=O)C(NC(=O)C(N)CS)C(C)C)C(=O)O. The van der Waals surface area contributed by atoms with Gasteiger partial charge in [-0.25, -0.2) is 4.79 Å². The molecule has 190 valence electrons. The third-order valence-electron chi connectivity index (χ3n) is 5.14. The van der Waals surface area contributed by atoms with Gasteiger partial charge in [-0.1, -0.05) is 34.1 Å². The van der Waals surface area contributed by atoms with Crippen LogP contribution in [0.2, 0.25) is 0 Å². The van der Waals surface area contributed by atoms with Gasteiger partial charge in [0.05, 0.1) is 6.04 Å². The minimum atomic E-state index is -1.17. The summed E-state index contributed by atoms with van der Waals surface area (Å²) in [7, 11) is 0. The largest absolute Gasteiger partial charge is 0.480 e. The molecular formula is C20H39N7O5S. The van der Waals surface area contributed by atoms with Crippen molar-refractivity contribution >= 4 is 42.3 Å². The van der Waals surface area contributed by atoms with Crippen molar-refractivity contribution in [2.45, 2.75) is 71.1 Å². The van der Waals surface area contributed by atoms with Crippen LogP contribution in [0.1, 0.15) is 47.0 Å². The Morgan fingerprint density at radius 2 is 1.55 bits per heavy atom. The van der Waals surface area contributed by atoms with Gasteiger partial charge in [-0.15, -0.1) is 0 Å². The maximum Gasteiger partial charge on any atom is 0.326 e. The van der Waals surface area contributed by atoms with E-state index in [1.54, 1.807) is 20.8 Å². The maximum atomic E-state index is 12.9. The van der Waals surface area contributed by atoms with Gasteiger partial charge in [-0.2, -0.15) is 12.6 Å². The molecule has 0 aromatic carbocycles. The Hall–Kier alpha value is -2.54. The molecule has 0 saturated carbocycles. The van der Waals surface area contributed by atoms with Crippen molar-refractivity contribution in [3.8, 4) is 0 Å². The van der Waals surface area contributed by atoms with Gasteiger partial charge >= 0.3 is 5.97 Å². The lowest BCUT2D eigenvalue weighted by Crippen LogP contribution is -2.59. The van der Waals surface area contributed by atoms with E-state index in [2.05, 4.69) is 33.6 Å². The summed E-state index contributed by atoms with van der Waals surface area (Å²) in [5.41, 5.74) is 16.3. The van der Waals surface area contributed by atoms with E-state index in [1.165, 1.54) is 0 Å². The van der Waals surface area contributed by atoms with Crippen molar-refractivity contribution in [2.24, 2.45) is 34.0 Å². The molecule has 0 fully saturated rings. The zero-order chi connectivity index (χ0) is 25.7. The molecule has 0 bridgehead atoms. The molecule has 0 aromatic rings. The molecule has 12 nitrogen and oxygen atoms in total. The number of hydrogen-bond donors (Lipinski definition) is 8. The zero-order valence-corrected chi connectivity index (χ0v) is 20.6. The number of carbonyl (C=O) groups excluding carboxylic acids is 3. The summed E-state index contributed by atoms with van der Waals surface area (Å²) in [6.45, 7) is 7.20. The molecule has 0 rings (SSSR count). The van der Waals surface area contributed by atoms with E-state index in [0.29, 0.717) is 12.8 Å². The number of hydrogen-bond acceptors (Lipinski definition) is 7. The molecule has 33 heavy (non-hydrogen) atoms. The number of carboxylic acid groups (broad SMARTS) is 1. The lowest BCUT2D eigenvalue weighted by molar-refractivity contribution is -0.144. The zero-order valence-electron chi connectivity index (χ0n) is 19.7. The van der Waals surface area contributed by atoms with Gasteiger partial charge in [0.1, 0.15) is 18.1 Å². The number of thiol groups is 1. The van der Waals surface area contributed by atoms with Crippen LogP contribution in [0, 0.1) is 11.8 Å². The fourth-order valence-corrected chi connectivity index (χ4v) is 3.01. The third kappa shape index (κ3) is 11.2. The van der Waals surface area contributed by atoms with Crippen LogP contribution in [0.3, 0.4) is 0 Å². The number of guanidine groups is 1. The summed E-state index contributed by atoms with van der Waals surface area (Å²) >= 11 is 3.98. The molecule has 0 aromatic heterocycles. The summed E-state index contributed by atoms with van der Waals surface area (Å²) in [4.78, 5) is 53.5. The number of aliphatic imine (C=N–C) groups is 1. The van der Waals surface area contributed by atoms with E-state index in [9.17, 15) is 24.3 Å². The number of amides is 3. The van der Waals surface area contributed by atoms with E-state index in [4.69, 9.17) is 17.2 Å². The van der Waals surface area contributed by atoms with Crippen molar-refractivity contribution in [1.82, 2.24) is 16.0 Å². The first kappa shape index (κ1) is 30.5. The molecule has 13 heteroatoms. The lowest BCUT2D eigenvalue weighted by atomic mass is 9.98. The molecule has 3 amide bonds. The summed E-state index contributed by atoms with van der Waals surface area (Å²) < 4.78 is 0. The average molecular weight is 490 g/mol. The highest BCUT2D eigenvalue weighted by Crippen LogP contribution is 2.10. The normalized spacial score (nSPS) is 15.5. The molecule has 0 saturated heterocycles. The molecule has 5 unspecified atom stereocenters. The first-order chi connectivity index (χ1) is 15.3. The molecule has 0 aliphatic rings. The Balaban J connectivity index is 5.57. The van der Waals surface area contributed by atoms with Crippen LogP contribution in [0.5, 0.6) is 0 Å². The molecule has 0 spiro atoms. The van der Waals surface area contributed by atoms with Gasteiger partial charge in [-0.05, 0) is 24.7 Å². The maximum absolute atomic E-state index is 12.9. The monoisotopic (exact) mass is 489 g/mol. The summed E-state index contributed by atoms with van der Waals surface area (Å²) in [6.07, 6.45) is 1.03. The van der Waals surface area contributed by atoms with Gasteiger partial charge in [0.25, 0.3) is 0 Å². The Kier molecular flexibility index (Phi) is 14.1. The average Bonchev–Trinajstić information content (AvgIpc) is 2.75. The predicted octanol–water partition coefficient (Wildman–Crippen LogP) is -1.46. The molecule has 0 heterocycles. The van der Waals surface area contributed by atoms with Crippen LogP contribution in [-0.4, -0.2) is 71.2 Å². The number of nitrogens with two attached hydrogens (primary N) is 3. The van der Waals surface area contributed by atoms with E-state index >= 15 is 0 Å². The number of aliphatic carboxylic acids is 1. The Morgan fingerprint density at radius 1 is 0.970 bits per heavy atom. The molecule has 0 radical (unpaired) electrons. The fourth-order valence-electron chi connectivity index (χ4n) is 2.85. The number of carboxylic acids is 1. The highest BCUT2D eigenvalue weighted by Gasteiger charge is 2.32. The summed E-state index contributed by atoms with van der Waals surface area (Å²) in [5, 5.41) is 17.2. The van der Waals surface area contributed by atoms with E-state index in [0.717, 1.165) is 0 Å². The van der Waals surface area contributed by atoms with E-state index < -0.39 is 47.9 Å². The molecule has 10 N–H and O–H groups in total. The van der Waals surface area contributed by atoms with Gasteiger partial charge in [0.2, 0.25) is 17.7 Å². The predicted molar refractivity (Wildman–Crippen MR) is 129 cm³/mol. The van der Waals surface area contributed by atoms with E-state index in [1.807, 2.05) is 6.92 Å². The van der Waals surface area contributed by atoms with Crippen LogP contribution in [0.4, 0.5) is 0 Å². The number of carbonyl (C=O) groups is 4. The lowest BCUT2D eigenvalue weighted by Gasteiger charge is -2.27. The molecule has 0 aliphatic carbocycles. The molecular weight excluding hydrogens is 450 g/mol. The second kappa shape index (κ2) is 15.3. The smallest absolute Gasteiger partial charge is 0.326 e. The van der Waals surface area contributed by atoms with Crippen LogP contribution in [0.15, 0.2) is 4.99 Å². The number of nitrogens with one attached hydrogen (secondary N) is 3. The first-order valence-corrected chi connectivity index (χ1v) is 11.5. The number of nitrogens with zero attached hydrogens (tertiary/aromatic N) is 1. The third-order valence-corrected chi connectivity index (χ3v) is 5.53. The first-order valence-electron chi connectivity index (χ1n) is 10.9. The highest BCUT2D eigenvalue weighted by molar-refractivity contribution is 7.80. The Labute approximate surface area is 200 Å². The Bertz CT molecular complexity index is 700. The minimum absolute atomic E-state index is 0.0975. The van der Waals surface area contributed by atoms with Crippen LogP contribution < -0.4 is 33.2 Å². The summed E-state index contributed by atoms with van der Waals surface area (Å²) in [6, 6.07) is -4.03.